The van der Waals surface area contributed by atoms with Crippen molar-refractivity contribution in [3.05, 3.63) is 47.8 Å². The van der Waals surface area contributed by atoms with Gasteiger partial charge in [0.2, 0.25) is 0 Å². The third kappa shape index (κ3) is 3.83. The Balaban J connectivity index is 2.01. The van der Waals surface area contributed by atoms with Gasteiger partial charge >= 0.3 is 0 Å². The molecule has 19 heavy (non-hydrogen) atoms. The Kier molecular flexibility index (Phi) is 4.58. The van der Waals surface area contributed by atoms with Gasteiger partial charge in [0.25, 0.3) is 0 Å². The first-order valence-corrected chi connectivity index (χ1v) is 6.52. The van der Waals surface area contributed by atoms with E-state index in [0.717, 1.165) is 24.3 Å². The molecule has 4 nitrogen and oxygen atoms in total. The van der Waals surface area contributed by atoms with Crippen LogP contribution in [-0.2, 0) is 19.9 Å². The number of hydrogen-bond donors (Lipinski definition) is 1. The van der Waals surface area contributed by atoms with Gasteiger partial charge in [0.15, 0.2) is 0 Å². The summed E-state index contributed by atoms with van der Waals surface area (Å²) in [6, 6.07) is 10.2. The van der Waals surface area contributed by atoms with Crippen molar-refractivity contribution in [3.8, 4) is 5.75 Å². The minimum Gasteiger partial charge on any atom is -0.497 e. The van der Waals surface area contributed by atoms with E-state index in [1.54, 1.807) is 7.11 Å². The fourth-order valence-corrected chi connectivity index (χ4v) is 2.24. The van der Waals surface area contributed by atoms with Crippen LogP contribution in [0.4, 0.5) is 0 Å². The highest BCUT2D eigenvalue weighted by Gasteiger charge is 2.11. The summed E-state index contributed by atoms with van der Waals surface area (Å²) in [5, 5.41) is 4.41. The third-order valence-corrected chi connectivity index (χ3v) is 3.26. The van der Waals surface area contributed by atoms with Gasteiger partial charge in [-0.25, -0.2) is 0 Å². The molecule has 0 saturated heterocycles. The van der Waals surface area contributed by atoms with E-state index >= 15 is 0 Å². The van der Waals surface area contributed by atoms with Crippen LogP contribution in [0, 0.1) is 5.92 Å². The SMILES string of the molecule is COc1cccc(CC(CN)Cc2ccn(C)n2)c1. The maximum Gasteiger partial charge on any atom is 0.119 e. The molecule has 2 rings (SSSR count). The topological polar surface area (TPSA) is 53.1 Å². The minimum absolute atomic E-state index is 0.405. The number of ether oxygens (including phenoxy) is 1. The summed E-state index contributed by atoms with van der Waals surface area (Å²) in [4.78, 5) is 0. The van der Waals surface area contributed by atoms with Crippen molar-refractivity contribution in [1.82, 2.24) is 9.78 Å². The van der Waals surface area contributed by atoms with Crippen LogP contribution in [0.2, 0.25) is 0 Å². The van der Waals surface area contributed by atoms with Gasteiger partial charge in [-0.05, 0) is 49.1 Å². The first-order chi connectivity index (χ1) is 9.21. The molecule has 0 bridgehead atoms. The van der Waals surface area contributed by atoms with Crippen LogP contribution in [0.3, 0.4) is 0 Å². The predicted octanol–water partition coefficient (Wildman–Crippen LogP) is 1.79. The number of nitrogens with zero attached hydrogens (tertiary/aromatic N) is 2. The highest BCUT2D eigenvalue weighted by Crippen LogP contribution is 2.17. The molecule has 1 unspecified atom stereocenters. The van der Waals surface area contributed by atoms with Crippen LogP contribution in [0.25, 0.3) is 0 Å². The first-order valence-electron chi connectivity index (χ1n) is 6.52. The zero-order chi connectivity index (χ0) is 13.7. The van der Waals surface area contributed by atoms with Crippen LogP contribution in [0.15, 0.2) is 36.5 Å². The van der Waals surface area contributed by atoms with E-state index in [0.29, 0.717) is 12.5 Å². The average Bonchev–Trinajstić information content (AvgIpc) is 2.83. The van der Waals surface area contributed by atoms with Crippen molar-refractivity contribution < 1.29 is 4.74 Å². The summed E-state index contributed by atoms with van der Waals surface area (Å²) in [7, 11) is 3.62. The van der Waals surface area contributed by atoms with E-state index in [-0.39, 0.29) is 0 Å². The minimum atomic E-state index is 0.405. The van der Waals surface area contributed by atoms with Crippen LogP contribution >= 0.6 is 0 Å². The molecule has 0 saturated carbocycles. The Morgan fingerprint density at radius 3 is 2.79 bits per heavy atom. The molecule has 0 aliphatic carbocycles. The number of rotatable bonds is 6. The molecular formula is C15H21N3O. The molecule has 2 aromatic rings. The summed E-state index contributed by atoms with van der Waals surface area (Å²) in [5.74, 6) is 1.30. The highest BCUT2D eigenvalue weighted by molar-refractivity contribution is 5.28. The van der Waals surface area contributed by atoms with Gasteiger partial charge in [0.05, 0.1) is 12.8 Å². The lowest BCUT2D eigenvalue weighted by Crippen LogP contribution is -2.19. The molecule has 102 valence electrons. The monoisotopic (exact) mass is 259 g/mol. The van der Waals surface area contributed by atoms with E-state index in [1.165, 1.54) is 5.56 Å². The quantitative estimate of drug-likeness (QED) is 0.860. The molecule has 0 aliphatic rings. The lowest BCUT2D eigenvalue weighted by molar-refractivity contribution is 0.413. The molecule has 0 radical (unpaired) electrons. The van der Waals surface area contributed by atoms with Crippen molar-refractivity contribution in [2.45, 2.75) is 12.8 Å². The second-order valence-corrected chi connectivity index (χ2v) is 4.84. The summed E-state index contributed by atoms with van der Waals surface area (Å²) >= 11 is 0. The van der Waals surface area contributed by atoms with Gasteiger partial charge in [-0.15, -0.1) is 0 Å². The largest absolute Gasteiger partial charge is 0.497 e. The third-order valence-electron chi connectivity index (χ3n) is 3.26. The number of hydrogen-bond acceptors (Lipinski definition) is 3. The number of aryl methyl sites for hydroxylation is 1. The number of aromatic nitrogens is 2. The Labute approximate surface area is 114 Å². The van der Waals surface area contributed by atoms with Crippen LogP contribution < -0.4 is 10.5 Å². The van der Waals surface area contributed by atoms with Gasteiger partial charge < -0.3 is 10.5 Å². The predicted molar refractivity (Wildman–Crippen MR) is 76.2 cm³/mol. The van der Waals surface area contributed by atoms with Gasteiger partial charge in [-0.2, -0.15) is 5.10 Å². The van der Waals surface area contributed by atoms with Gasteiger partial charge in [-0.3, -0.25) is 4.68 Å². The molecule has 0 aliphatic heterocycles. The van der Waals surface area contributed by atoms with Crippen molar-refractivity contribution >= 4 is 0 Å². The number of methoxy groups -OCH3 is 1. The molecule has 0 fully saturated rings. The molecule has 2 N–H and O–H groups in total. The summed E-state index contributed by atoms with van der Waals surface area (Å²) in [5.41, 5.74) is 8.23. The van der Waals surface area contributed by atoms with E-state index in [1.807, 2.05) is 36.1 Å². The van der Waals surface area contributed by atoms with Crippen molar-refractivity contribution in [2.24, 2.45) is 18.7 Å². The van der Waals surface area contributed by atoms with E-state index < -0.39 is 0 Å². The highest BCUT2D eigenvalue weighted by atomic mass is 16.5. The van der Waals surface area contributed by atoms with Gasteiger partial charge in [0.1, 0.15) is 5.75 Å². The number of nitrogens with two attached hydrogens (primary N) is 1. The maximum absolute atomic E-state index is 5.88. The zero-order valence-corrected chi connectivity index (χ0v) is 11.5. The summed E-state index contributed by atoms with van der Waals surface area (Å²) in [6.07, 6.45) is 3.83. The van der Waals surface area contributed by atoms with E-state index in [4.69, 9.17) is 10.5 Å². The second-order valence-electron chi connectivity index (χ2n) is 4.84. The standard InChI is InChI=1S/C15H21N3O/c1-18-7-6-14(17-18)9-13(11-16)8-12-4-3-5-15(10-12)19-2/h3-7,10,13H,8-9,11,16H2,1-2H3. The molecule has 1 aromatic heterocycles. The van der Waals surface area contributed by atoms with Crippen LogP contribution in [-0.4, -0.2) is 23.4 Å². The molecule has 1 atom stereocenters. The lowest BCUT2D eigenvalue weighted by Gasteiger charge is -2.14. The van der Waals surface area contributed by atoms with Crippen molar-refractivity contribution in [3.63, 3.8) is 0 Å². The molecule has 0 amide bonds. The molecule has 4 heteroatoms. The average molecular weight is 259 g/mol. The normalized spacial score (nSPS) is 12.4. The van der Waals surface area contributed by atoms with E-state index in [9.17, 15) is 0 Å². The fourth-order valence-electron chi connectivity index (χ4n) is 2.24. The molecule has 0 spiro atoms. The Bertz CT molecular complexity index is 522. The van der Waals surface area contributed by atoms with Crippen LogP contribution in [0.1, 0.15) is 11.3 Å². The fraction of sp³-hybridized carbons (Fsp3) is 0.400. The molecule has 1 heterocycles. The number of benzene rings is 1. The Morgan fingerprint density at radius 2 is 2.16 bits per heavy atom. The lowest BCUT2D eigenvalue weighted by atomic mass is 9.95. The van der Waals surface area contributed by atoms with Gasteiger partial charge in [-0.1, -0.05) is 12.1 Å². The van der Waals surface area contributed by atoms with Crippen molar-refractivity contribution in [2.75, 3.05) is 13.7 Å². The summed E-state index contributed by atoms with van der Waals surface area (Å²) in [6.45, 7) is 0.661. The van der Waals surface area contributed by atoms with Crippen molar-refractivity contribution in [1.29, 1.82) is 0 Å². The summed E-state index contributed by atoms with van der Waals surface area (Å²) < 4.78 is 7.07. The molecular weight excluding hydrogens is 238 g/mol. The van der Waals surface area contributed by atoms with Gasteiger partial charge in [0, 0.05) is 13.2 Å². The maximum atomic E-state index is 5.88. The molecule has 1 aromatic carbocycles. The first kappa shape index (κ1) is 13.6. The van der Waals surface area contributed by atoms with Crippen LogP contribution in [0.5, 0.6) is 5.75 Å². The smallest absolute Gasteiger partial charge is 0.119 e. The second kappa shape index (κ2) is 6.38. The van der Waals surface area contributed by atoms with E-state index in [2.05, 4.69) is 17.2 Å². The zero-order valence-electron chi connectivity index (χ0n) is 11.5. The Hall–Kier alpha value is -1.81. The Morgan fingerprint density at radius 1 is 1.32 bits per heavy atom.